The maximum atomic E-state index is 2.51. The quantitative estimate of drug-likeness (QED) is 0.581. The van der Waals surface area contributed by atoms with Gasteiger partial charge in [0.05, 0.1) is 12.6 Å². The second-order valence-electron chi connectivity index (χ2n) is 4.96. The van der Waals surface area contributed by atoms with E-state index in [1.54, 1.807) is 0 Å². The molecule has 0 saturated heterocycles. The smallest absolute Gasteiger partial charge is 0.0959 e. The minimum Gasteiger partial charge on any atom is -1.00 e. The highest BCUT2D eigenvalue weighted by Gasteiger charge is 2.29. The number of rotatable bonds is 10. The Labute approximate surface area is 109 Å². The van der Waals surface area contributed by atoms with Gasteiger partial charge >= 0.3 is 0 Å². The molecule has 2 heteroatoms. The third kappa shape index (κ3) is 7.51. The molecule has 0 aromatic rings. The van der Waals surface area contributed by atoms with E-state index in [0.29, 0.717) is 5.54 Å². The maximum absolute atomic E-state index is 2.51. The Morgan fingerprint density at radius 3 is 1.25 bits per heavy atom. The minimum atomic E-state index is 0. The van der Waals surface area contributed by atoms with Crippen molar-refractivity contribution < 1.29 is 17.7 Å². The summed E-state index contributed by atoms with van der Waals surface area (Å²) in [6.45, 7) is 6.92. The van der Waals surface area contributed by atoms with Crippen molar-refractivity contribution in [1.29, 1.82) is 0 Å². The van der Waals surface area contributed by atoms with Gasteiger partial charge in [-0.25, -0.2) is 0 Å². The minimum absolute atomic E-state index is 0. The topological polar surface area (TPSA) is 16.6 Å². The van der Waals surface area contributed by atoms with Crippen molar-refractivity contribution in [2.45, 2.75) is 84.1 Å². The van der Waals surface area contributed by atoms with E-state index in [9.17, 15) is 0 Å². The fourth-order valence-electron chi connectivity index (χ4n) is 2.39. The molecule has 1 nitrogen and oxygen atoms in total. The molecule has 0 spiro atoms. The summed E-state index contributed by atoms with van der Waals surface area (Å²) in [7, 11) is 2.28. The molecule has 16 heavy (non-hydrogen) atoms. The van der Waals surface area contributed by atoms with E-state index < -0.39 is 0 Å². The second kappa shape index (κ2) is 11.7. The number of halogens is 1. The predicted molar refractivity (Wildman–Crippen MR) is 69.2 cm³/mol. The van der Waals surface area contributed by atoms with Gasteiger partial charge in [-0.2, -0.15) is 0 Å². The van der Waals surface area contributed by atoms with E-state index in [4.69, 9.17) is 0 Å². The van der Waals surface area contributed by atoms with Crippen LogP contribution in [0.3, 0.4) is 0 Å². The average Bonchev–Trinajstić information content (AvgIpc) is 2.29. The molecule has 0 radical (unpaired) electrons. The zero-order valence-electron chi connectivity index (χ0n) is 11.8. The van der Waals surface area contributed by atoms with Crippen LogP contribution in [-0.4, -0.2) is 12.6 Å². The highest BCUT2D eigenvalue weighted by Crippen LogP contribution is 2.23. The first-order chi connectivity index (χ1) is 7.24. The number of unbranched alkanes of at least 4 members (excludes halogenated alkanes) is 3. The summed E-state index contributed by atoms with van der Waals surface area (Å²) in [5.74, 6) is 0. The van der Waals surface area contributed by atoms with E-state index in [-0.39, 0.29) is 12.4 Å². The average molecular weight is 250 g/mol. The number of nitrogens with two attached hydrogens (primary N) is 1. The fourth-order valence-corrected chi connectivity index (χ4v) is 2.39. The van der Waals surface area contributed by atoms with Gasteiger partial charge in [0, 0.05) is 19.3 Å². The van der Waals surface area contributed by atoms with Gasteiger partial charge in [-0.3, -0.25) is 0 Å². The van der Waals surface area contributed by atoms with Crippen molar-refractivity contribution in [3.63, 3.8) is 0 Å². The molecule has 0 fully saturated rings. The summed E-state index contributed by atoms with van der Waals surface area (Å²) < 4.78 is 0. The van der Waals surface area contributed by atoms with Crippen LogP contribution in [0.4, 0.5) is 0 Å². The zero-order valence-corrected chi connectivity index (χ0v) is 12.6. The van der Waals surface area contributed by atoms with Gasteiger partial charge in [-0.15, -0.1) is 0 Å². The molecular formula is C14H32ClN. The molecule has 0 aliphatic carbocycles. The Bertz CT molecular complexity index is 115. The van der Waals surface area contributed by atoms with Crippen LogP contribution in [0, 0.1) is 0 Å². The van der Waals surface area contributed by atoms with E-state index in [2.05, 4.69) is 33.1 Å². The summed E-state index contributed by atoms with van der Waals surface area (Å²) in [4.78, 5) is 0. The highest BCUT2D eigenvalue weighted by atomic mass is 35.5. The summed E-state index contributed by atoms with van der Waals surface area (Å²) in [5, 5.41) is 2.51. The Hall–Kier alpha value is 0.250. The molecule has 0 atom stereocenters. The van der Waals surface area contributed by atoms with E-state index in [1.165, 1.54) is 57.8 Å². The molecule has 0 bridgehead atoms. The molecule has 0 aromatic heterocycles. The van der Waals surface area contributed by atoms with Gasteiger partial charge in [0.25, 0.3) is 0 Å². The first kappa shape index (κ1) is 18.6. The molecule has 0 aliphatic rings. The van der Waals surface area contributed by atoms with Crippen molar-refractivity contribution >= 4 is 0 Å². The number of quaternary nitrogens is 1. The van der Waals surface area contributed by atoms with Crippen molar-refractivity contribution in [2.75, 3.05) is 7.05 Å². The van der Waals surface area contributed by atoms with Crippen LogP contribution in [-0.2, 0) is 0 Å². The van der Waals surface area contributed by atoms with Crippen LogP contribution in [0.5, 0.6) is 0 Å². The van der Waals surface area contributed by atoms with Crippen molar-refractivity contribution in [1.82, 2.24) is 0 Å². The Morgan fingerprint density at radius 1 is 0.750 bits per heavy atom. The van der Waals surface area contributed by atoms with Crippen LogP contribution < -0.4 is 17.7 Å². The molecule has 0 amide bonds. The molecule has 0 saturated carbocycles. The summed E-state index contributed by atoms with van der Waals surface area (Å²) >= 11 is 0. The van der Waals surface area contributed by atoms with Crippen LogP contribution in [0.15, 0.2) is 0 Å². The van der Waals surface area contributed by atoms with E-state index in [0.717, 1.165) is 0 Å². The van der Waals surface area contributed by atoms with E-state index >= 15 is 0 Å². The Balaban J connectivity index is 0. The number of hydrogen-bond donors (Lipinski definition) is 1. The van der Waals surface area contributed by atoms with Gasteiger partial charge in [0.2, 0.25) is 0 Å². The van der Waals surface area contributed by atoms with Crippen molar-refractivity contribution in [2.24, 2.45) is 0 Å². The summed E-state index contributed by atoms with van der Waals surface area (Å²) in [6, 6.07) is 0. The van der Waals surface area contributed by atoms with Gasteiger partial charge in [0.1, 0.15) is 0 Å². The van der Waals surface area contributed by atoms with Crippen LogP contribution in [0.2, 0.25) is 0 Å². The third-order valence-corrected chi connectivity index (χ3v) is 3.70. The summed E-state index contributed by atoms with van der Waals surface area (Å²) in [5.41, 5.74) is 0.571. The predicted octanol–water partition coefficient (Wildman–Crippen LogP) is 0.493. The van der Waals surface area contributed by atoms with Gasteiger partial charge in [0.15, 0.2) is 0 Å². The SMILES string of the molecule is CCCCC(CCCC)(CCCC)[NH2+]C.[Cl-]. The number of hydrogen-bond acceptors (Lipinski definition) is 0. The van der Waals surface area contributed by atoms with Crippen LogP contribution >= 0.6 is 0 Å². The Morgan fingerprint density at radius 2 is 1.06 bits per heavy atom. The fraction of sp³-hybridized carbons (Fsp3) is 1.00. The Kier molecular flexibility index (Phi) is 13.6. The zero-order chi connectivity index (χ0) is 11.6. The van der Waals surface area contributed by atoms with E-state index in [1.807, 2.05) is 0 Å². The molecule has 0 aliphatic heterocycles. The standard InChI is InChI=1S/C14H31N.ClH/c1-5-8-11-14(15-4,12-9-6-2)13-10-7-3;/h15H,5-13H2,1-4H3;1H. The first-order valence-electron chi connectivity index (χ1n) is 7.05. The third-order valence-electron chi connectivity index (χ3n) is 3.70. The first-order valence-corrected chi connectivity index (χ1v) is 7.05. The lowest BCUT2D eigenvalue weighted by Gasteiger charge is -2.30. The van der Waals surface area contributed by atoms with Gasteiger partial charge < -0.3 is 17.7 Å². The largest absolute Gasteiger partial charge is 1.00 e. The molecule has 2 N–H and O–H groups in total. The molecular weight excluding hydrogens is 218 g/mol. The van der Waals surface area contributed by atoms with Crippen molar-refractivity contribution in [3.05, 3.63) is 0 Å². The van der Waals surface area contributed by atoms with Crippen LogP contribution in [0.25, 0.3) is 0 Å². The molecule has 0 rings (SSSR count). The summed E-state index contributed by atoms with van der Waals surface area (Å²) in [6.07, 6.45) is 12.5. The van der Waals surface area contributed by atoms with Gasteiger partial charge in [-0.1, -0.05) is 40.0 Å². The second-order valence-corrected chi connectivity index (χ2v) is 4.96. The molecule has 100 valence electrons. The lowest BCUT2D eigenvalue weighted by atomic mass is 9.83. The lowest BCUT2D eigenvalue weighted by molar-refractivity contribution is -0.707. The van der Waals surface area contributed by atoms with Gasteiger partial charge in [-0.05, 0) is 19.3 Å². The molecule has 0 heterocycles. The maximum Gasteiger partial charge on any atom is 0.0959 e. The molecule has 0 aromatic carbocycles. The monoisotopic (exact) mass is 249 g/mol. The van der Waals surface area contributed by atoms with Crippen LogP contribution in [0.1, 0.15) is 78.6 Å². The normalized spacial score (nSPS) is 11.2. The van der Waals surface area contributed by atoms with Crippen molar-refractivity contribution in [3.8, 4) is 0 Å². The highest BCUT2D eigenvalue weighted by molar-refractivity contribution is 4.77. The molecule has 0 unspecified atom stereocenters. The lowest BCUT2D eigenvalue weighted by Crippen LogP contribution is -3.00.